The second-order valence-corrected chi connectivity index (χ2v) is 4.79. The standard InChI is InChI=1S/C16H16N2O/c17-16(19)14-8-4-7-13-12(14)9-10-18-15(13)11-5-2-1-3-6-11/h1-8,15,18H,9-10H2,(H2,17,19). The van der Waals surface area contributed by atoms with Crippen molar-refractivity contribution < 1.29 is 4.79 Å². The molecule has 1 aliphatic heterocycles. The Morgan fingerprint density at radius 2 is 1.89 bits per heavy atom. The summed E-state index contributed by atoms with van der Waals surface area (Å²) in [5.74, 6) is -0.342. The van der Waals surface area contributed by atoms with Gasteiger partial charge in [0.15, 0.2) is 0 Å². The summed E-state index contributed by atoms with van der Waals surface area (Å²) in [6.07, 6.45) is 0.845. The number of rotatable bonds is 2. The van der Waals surface area contributed by atoms with Crippen LogP contribution in [0.3, 0.4) is 0 Å². The number of nitrogens with one attached hydrogen (secondary N) is 1. The molecule has 0 saturated heterocycles. The van der Waals surface area contributed by atoms with E-state index in [1.807, 2.05) is 30.3 Å². The van der Waals surface area contributed by atoms with Crippen LogP contribution in [0.1, 0.15) is 33.1 Å². The highest BCUT2D eigenvalue weighted by molar-refractivity contribution is 5.94. The van der Waals surface area contributed by atoms with E-state index in [1.165, 1.54) is 5.56 Å². The molecular weight excluding hydrogens is 236 g/mol. The van der Waals surface area contributed by atoms with Crippen LogP contribution in [-0.2, 0) is 6.42 Å². The number of fused-ring (bicyclic) bond motifs is 1. The van der Waals surface area contributed by atoms with Gasteiger partial charge >= 0.3 is 0 Å². The molecule has 0 spiro atoms. The van der Waals surface area contributed by atoms with Gasteiger partial charge in [0.25, 0.3) is 0 Å². The number of benzene rings is 2. The molecule has 1 atom stereocenters. The predicted molar refractivity (Wildman–Crippen MR) is 75.0 cm³/mol. The maximum atomic E-state index is 11.5. The molecule has 0 saturated carbocycles. The first-order valence-electron chi connectivity index (χ1n) is 6.47. The molecule has 1 heterocycles. The van der Waals surface area contributed by atoms with Crippen molar-refractivity contribution in [3.63, 3.8) is 0 Å². The van der Waals surface area contributed by atoms with Gasteiger partial charge < -0.3 is 11.1 Å². The average Bonchev–Trinajstić information content (AvgIpc) is 2.46. The fourth-order valence-electron chi connectivity index (χ4n) is 2.78. The molecule has 3 rings (SSSR count). The van der Waals surface area contributed by atoms with Gasteiger partial charge in [0.05, 0.1) is 6.04 Å². The highest BCUT2D eigenvalue weighted by Crippen LogP contribution is 2.30. The molecule has 0 bridgehead atoms. The van der Waals surface area contributed by atoms with Gasteiger partial charge in [-0.3, -0.25) is 4.79 Å². The topological polar surface area (TPSA) is 55.1 Å². The van der Waals surface area contributed by atoms with Crippen LogP contribution in [0, 0.1) is 0 Å². The Morgan fingerprint density at radius 3 is 2.63 bits per heavy atom. The minimum Gasteiger partial charge on any atom is -0.366 e. The Kier molecular flexibility index (Phi) is 3.05. The predicted octanol–water partition coefficient (Wildman–Crippen LogP) is 2.02. The summed E-state index contributed by atoms with van der Waals surface area (Å²) in [5, 5.41) is 3.51. The third-order valence-electron chi connectivity index (χ3n) is 3.65. The second kappa shape index (κ2) is 4.86. The Bertz CT molecular complexity index is 607. The molecule has 2 aromatic rings. The first-order chi connectivity index (χ1) is 9.27. The number of hydrogen-bond donors (Lipinski definition) is 2. The van der Waals surface area contributed by atoms with E-state index in [4.69, 9.17) is 5.73 Å². The van der Waals surface area contributed by atoms with Crippen molar-refractivity contribution in [1.82, 2.24) is 5.32 Å². The first-order valence-corrected chi connectivity index (χ1v) is 6.47. The van der Waals surface area contributed by atoms with Crippen LogP contribution in [0.15, 0.2) is 48.5 Å². The van der Waals surface area contributed by atoms with Crippen molar-refractivity contribution in [3.8, 4) is 0 Å². The maximum Gasteiger partial charge on any atom is 0.248 e. The van der Waals surface area contributed by atoms with Crippen LogP contribution in [0.25, 0.3) is 0 Å². The Labute approximate surface area is 112 Å². The van der Waals surface area contributed by atoms with Crippen molar-refractivity contribution in [2.45, 2.75) is 12.5 Å². The summed E-state index contributed by atoms with van der Waals surface area (Å²) in [5.41, 5.74) is 9.57. The molecule has 96 valence electrons. The Hall–Kier alpha value is -2.13. The maximum absolute atomic E-state index is 11.5. The number of primary amides is 1. The summed E-state index contributed by atoms with van der Waals surface area (Å²) in [4.78, 5) is 11.5. The third-order valence-corrected chi connectivity index (χ3v) is 3.65. The van der Waals surface area contributed by atoms with E-state index in [-0.39, 0.29) is 11.9 Å². The fraction of sp³-hybridized carbons (Fsp3) is 0.188. The van der Waals surface area contributed by atoms with Gasteiger partial charge in [-0.15, -0.1) is 0 Å². The molecule has 1 aliphatic rings. The Balaban J connectivity index is 2.11. The van der Waals surface area contributed by atoms with Crippen molar-refractivity contribution in [3.05, 3.63) is 70.8 Å². The molecule has 0 fully saturated rings. The lowest BCUT2D eigenvalue weighted by molar-refractivity contribution is 0.0999. The molecule has 3 nitrogen and oxygen atoms in total. The molecule has 0 aromatic heterocycles. The molecule has 0 radical (unpaired) electrons. The first kappa shape index (κ1) is 11.9. The molecule has 1 amide bonds. The number of amides is 1. The molecule has 0 aliphatic carbocycles. The summed E-state index contributed by atoms with van der Waals surface area (Å²) < 4.78 is 0. The van der Waals surface area contributed by atoms with Gasteiger partial charge in [-0.2, -0.15) is 0 Å². The average molecular weight is 252 g/mol. The molecule has 3 N–H and O–H groups in total. The molecular formula is C16H16N2O. The van der Waals surface area contributed by atoms with Crippen molar-refractivity contribution in [2.75, 3.05) is 6.54 Å². The van der Waals surface area contributed by atoms with Gasteiger partial charge in [-0.25, -0.2) is 0 Å². The quantitative estimate of drug-likeness (QED) is 0.859. The van der Waals surface area contributed by atoms with E-state index in [2.05, 4.69) is 23.5 Å². The molecule has 1 unspecified atom stereocenters. The van der Waals surface area contributed by atoms with Crippen molar-refractivity contribution in [1.29, 1.82) is 0 Å². The van der Waals surface area contributed by atoms with Gasteiger partial charge in [-0.05, 0) is 29.2 Å². The van der Waals surface area contributed by atoms with E-state index < -0.39 is 0 Å². The lowest BCUT2D eigenvalue weighted by Crippen LogP contribution is -2.32. The molecule has 2 aromatic carbocycles. The lowest BCUT2D eigenvalue weighted by Gasteiger charge is -2.28. The van der Waals surface area contributed by atoms with Crippen molar-refractivity contribution >= 4 is 5.91 Å². The van der Waals surface area contributed by atoms with Crippen molar-refractivity contribution in [2.24, 2.45) is 5.73 Å². The third kappa shape index (κ3) is 2.13. The van der Waals surface area contributed by atoms with Crippen LogP contribution in [-0.4, -0.2) is 12.5 Å². The number of carbonyl (C=O) groups is 1. The zero-order chi connectivity index (χ0) is 13.2. The van der Waals surface area contributed by atoms with E-state index in [0.717, 1.165) is 24.1 Å². The van der Waals surface area contributed by atoms with Gasteiger partial charge in [0, 0.05) is 12.1 Å². The lowest BCUT2D eigenvalue weighted by atomic mass is 9.87. The number of hydrogen-bond acceptors (Lipinski definition) is 2. The monoisotopic (exact) mass is 252 g/mol. The normalized spacial score (nSPS) is 17.8. The summed E-state index contributed by atoms with van der Waals surface area (Å²) in [6, 6.07) is 16.2. The second-order valence-electron chi connectivity index (χ2n) is 4.79. The SMILES string of the molecule is NC(=O)c1cccc2c1CCNC2c1ccccc1. The Morgan fingerprint density at radius 1 is 1.11 bits per heavy atom. The summed E-state index contributed by atoms with van der Waals surface area (Å²) >= 11 is 0. The van der Waals surface area contributed by atoms with E-state index in [1.54, 1.807) is 0 Å². The van der Waals surface area contributed by atoms with Crippen LogP contribution in [0.4, 0.5) is 0 Å². The summed E-state index contributed by atoms with van der Waals surface area (Å²) in [6.45, 7) is 0.858. The van der Waals surface area contributed by atoms with Crippen LogP contribution < -0.4 is 11.1 Å². The molecule has 3 heteroatoms. The zero-order valence-corrected chi connectivity index (χ0v) is 10.6. The number of carbonyl (C=O) groups excluding carboxylic acids is 1. The largest absolute Gasteiger partial charge is 0.366 e. The highest BCUT2D eigenvalue weighted by Gasteiger charge is 2.24. The number of nitrogens with two attached hydrogens (primary N) is 1. The van der Waals surface area contributed by atoms with E-state index in [0.29, 0.717) is 5.56 Å². The van der Waals surface area contributed by atoms with Gasteiger partial charge in [0.1, 0.15) is 0 Å². The molecule has 19 heavy (non-hydrogen) atoms. The van der Waals surface area contributed by atoms with E-state index >= 15 is 0 Å². The van der Waals surface area contributed by atoms with Crippen LogP contribution in [0.2, 0.25) is 0 Å². The smallest absolute Gasteiger partial charge is 0.248 e. The summed E-state index contributed by atoms with van der Waals surface area (Å²) in [7, 11) is 0. The fourth-order valence-corrected chi connectivity index (χ4v) is 2.78. The minimum atomic E-state index is -0.342. The van der Waals surface area contributed by atoms with Crippen LogP contribution in [0.5, 0.6) is 0 Å². The zero-order valence-electron chi connectivity index (χ0n) is 10.6. The van der Waals surface area contributed by atoms with Crippen LogP contribution >= 0.6 is 0 Å². The van der Waals surface area contributed by atoms with Gasteiger partial charge in [0.2, 0.25) is 5.91 Å². The van der Waals surface area contributed by atoms with E-state index in [9.17, 15) is 4.79 Å². The highest BCUT2D eigenvalue weighted by atomic mass is 16.1. The minimum absolute atomic E-state index is 0.143. The van der Waals surface area contributed by atoms with Gasteiger partial charge in [-0.1, -0.05) is 42.5 Å².